The topological polar surface area (TPSA) is 130 Å². The zero-order valence-electron chi connectivity index (χ0n) is 33.7. The van der Waals surface area contributed by atoms with Gasteiger partial charge in [-0.1, -0.05) is 53.5 Å². The zero-order valence-corrected chi connectivity index (χ0v) is 33.7. The third kappa shape index (κ3) is 13.1. The van der Waals surface area contributed by atoms with Crippen molar-refractivity contribution in [3.05, 3.63) is 23.8 Å². The Morgan fingerprint density at radius 3 is 1.75 bits per heavy atom. The van der Waals surface area contributed by atoms with Crippen molar-refractivity contribution >= 4 is 17.7 Å². The van der Waals surface area contributed by atoms with Crippen molar-refractivity contribution in [3.8, 4) is 18.4 Å². The van der Waals surface area contributed by atoms with Gasteiger partial charge in [-0.2, -0.15) is 5.26 Å². The summed E-state index contributed by atoms with van der Waals surface area (Å²) in [5.41, 5.74) is -0.357. The number of esters is 2. The number of ether oxygens (including phenoxy) is 6. The first-order valence-electron chi connectivity index (χ1n) is 19.6. The Kier molecular flexibility index (Phi) is 15.9. The molecule has 10 nitrogen and oxygen atoms in total. The number of ketones is 1. The first-order valence-corrected chi connectivity index (χ1v) is 19.6. The molecule has 2 saturated carbocycles. The molecule has 3 aliphatic carbocycles. The number of hydrogen-bond acceptors (Lipinski definition) is 10. The van der Waals surface area contributed by atoms with Gasteiger partial charge in [-0.15, -0.1) is 6.42 Å². The number of nitrogens with zero attached hydrogens (tertiary/aromatic N) is 1. The molecule has 0 aromatic rings. The van der Waals surface area contributed by atoms with Crippen LogP contribution in [0.25, 0.3) is 0 Å². The molecule has 0 radical (unpaired) electrons. The Hall–Kier alpha value is -3.02. The molecule has 0 aromatic heterocycles. The van der Waals surface area contributed by atoms with Crippen LogP contribution in [0.3, 0.4) is 0 Å². The standard InChI is InChI=1S/C17H30O4.C15H17NO.C11H18O4/c1-5-19-14(18)16(7-6-15(2,3)4)8-10-17(11-9-16)20-12-13-21-17;1-5-15(9-8-14(2,3)4)7-6-13(17)12(10-15)11-16;1-2-13-10(12)9-3-5-11(6-4-9)14-7-8-15-11/h5-13H2,1-4H3;1,6-7,10H,8-9H2,2-4H3;9H,2-8H2,1H3. The van der Waals surface area contributed by atoms with Gasteiger partial charge in [-0.25, -0.2) is 0 Å². The van der Waals surface area contributed by atoms with Crippen LogP contribution in [0.15, 0.2) is 23.8 Å². The first-order chi connectivity index (χ1) is 24.9. The quantitative estimate of drug-likeness (QED) is 0.177. The Morgan fingerprint density at radius 1 is 0.811 bits per heavy atom. The molecule has 2 saturated heterocycles. The van der Waals surface area contributed by atoms with Gasteiger partial charge in [0.25, 0.3) is 0 Å². The predicted molar refractivity (Wildman–Crippen MR) is 202 cm³/mol. The van der Waals surface area contributed by atoms with Gasteiger partial charge in [0.05, 0.1) is 62.0 Å². The van der Waals surface area contributed by atoms with E-state index in [1.807, 2.05) is 19.9 Å². The van der Waals surface area contributed by atoms with Crippen LogP contribution in [0.5, 0.6) is 0 Å². The number of carbonyl (C=O) groups is 3. The van der Waals surface area contributed by atoms with Crippen molar-refractivity contribution in [1.29, 1.82) is 5.26 Å². The largest absolute Gasteiger partial charge is 0.466 e. The van der Waals surface area contributed by atoms with E-state index >= 15 is 0 Å². The average molecular weight is 740 g/mol. The molecule has 2 spiro atoms. The molecule has 2 heterocycles. The summed E-state index contributed by atoms with van der Waals surface area (Å²) in [4.78, 5) is 35.4. The van der Waals surface area contributed by atoms with E-state index in [2.05, 4.69) is 47.5 Å². The Balaban J connectivity index is 0.000000217. The molecular weight excluding hydrogens is 674 g/mol. The van der Waals surface area contributed by atoms with Gasteiger partial charge in [-0.3, -0.25) is 14.4 Å². The van der Waals surface area contributed by atoms with Crippen LogP contribution in [-0.4, -0.2) is 68.9 Å². The van der Waals surface area contributed by atoms with E-state index in [9.17, 15) is 14.4 Å². The number of allylic oxidation sites excluding steroid dienone is 4. The average Bonchev–Trinajstić information content (AvgIpc) is 3.78. The highest BCUT2D eigenvalue weighted by Crippen LogP contribution is 2.49. The minimum absolute atomic E-state index is 0.0258. The van der Waals surface area contributed by atoms with E-state index in [1.165, 1.54) is 6.08 Å². The molecule has 0 aromatic carbocycles. The molecule has 53 heavy (non-hydrogen) atoms. The van der Waals surface area contributed by atoms with Crippen molar-refractivity contribution in [2.24, 2.45) is 27.6 Å². The van der Waals surface area contributed by atoms with E-state index < -0.39 is 11.2 Å². The summed E-state index contributed by atoms with van der Waals surface area (Å²) in [5, 5.41) is 8.88. The van der Waals surface area contributed by atoms with Gasteiger partial charge in [0.1, 0.15) is 6.07 Å². The van der Waals surface area contributed by atoms with Crippen LogP contribution in [0.4, 0.5) is 0 Å². The lowest BCUT2D eigenvalue weighted by molar-refractivity contribution is -0.200. The second-order valence-electron chi connectivity index (χ2n) is 17.4. The molecule has 2 aliphatic heterocycles. The second-order valence-corrected chi connectivity index (χ2v) is 17.4. The third-order valence-electron chi connectivity index (χ3n) is 10.9. The summed E-state index contributed by atoms with van der Waals surface area (Å²) in [6.07, 6.45) is 20.4. The fraction of sp³-hybridized carbons (Fsp3) is 0.767. The van der Waals surface area contributed by atoms with E-state index in [1.54, 1.807) is 12.2 Å². The Labute approximate surface area is 318 Å². The van der Waals surface area contributed by atoms with Crippen LogP contribution in [0.2, 0.25) is 0 Å². The van der Waals surface area contributed by atoms with E-state index in [-0.39, 0.29) is 51.2 Å². The van der Waals surface area contributed by atoms with Crippen LogP contribution in [-0.2, 0) is 42.8 Å². The van der Waals surface area contributed by atoms with Crippen molar-refractivity contribution in [2.75, 3.05) is 39.6 Å². The summed E-state index contributed by atoms with van der Waals surface area (Å²) in [6.45, 7) is 20.4. The second kappa shape index (κ2) is 19.0. The summed E-state index contributed by atoms with van der Waals surface area (Å²) >= 11 is 0. The zero-order chi connectivity index (χ0) is 39.4. The highest BCUT2D eigenvalue weighted by atomic mass is 16.7. The van der Waals surface area contributed by atoms with Crippen molar-refractivity contribution in [2.45, 2.75) is 144 Å². The molecule has 5 aliphatic rings. The van der Waals surface area contributed by atoms with Crippen LogP contribution >= 0.6 is 0 Å². The molecule has 296 valence electrons. The molecule has 0 N–H and O–H groups in total. The fourth-order valence-corrected chi connectivity index (χ4v) is 7.37. The maximum Gasteiger partial charge on any atom is 0.312 e. The summed E-state index contributed by atoms with van der Waals surface area (Å²) in [5.74, 6) is 1.62. The highest BCUT2D eigenvalue weighted by Gasteiger charge is 2.50. The van der Waals surface area contributed by atoms with Gasteiger partial charge in [-0.05, 0) is 88.2 Å². The third-order valence-corrected chi connectivity index (χ3v) is 10.9. The van der Waals surface area contributed by atoms with E-state index in [0.29, 0.717) is 39.6 Å². The summed E-state index contributed by atoms with van der Waals surface area (Å²) in [6, 6.07) is 1.90. The minimum atomic E-state index is -0.577. The lowest BCUT2D eigenvalue weighted by Gasteiger charge is -2.42. The van der Waals surface area contributed by atoms with Crippen LogP contribution in [0.1, 0.15) is 132 Å². The maximum atomic E-state index is 12.5. The smallest absolute Gasteiger partial charge is 0.312 e. The number of terminal acetylenes is 1. The lowest BCUT2D eigenvalue weighted by Crippen LogP contribution is -2.44. The highest BCUT2D eigenvalue weighted by molar-refractivity contribution is 6.08. The van der Waals surface area contributed by atoms with Gasteiger partial charge in [0.15, 0.2) is 17.4 Å². The van der Waals surface area contributed by atoms with E-state index in [0.717, 1.165) is 77.0 Å². The normalized spacial score (nSPS) is 25.5. The van der Waals surface area contributed by atoms with Crippen molar-refractivity contribution < 1.29 is 42.8 Å². The minimum Gasteiger partial charge on any atom is -0.466 e. The number of nitriles is 1. The Morgan fingerprint density at radius 2 is 1.30 bits per heavy atom. The molecule has 5 rings (SSSR count). The summed E-state index contributed by atoms with van der Waals surface area (Å²) < 4.78 is 33.2. The van der Waals surface area contributed by atoms with Gasteiger partial charge < -0.3 is 28.4 Å². The van der Waals surface area contributed by atoms with Gasteiger partial charge in [0, 0.05) is 25.7 Å². The number of hydrogen-bond donors (Lipinski definition) is 0. The monoisotopic (exact) mass is 739 g/mol. The molecule has 0 amide bonds. The number of carbonyl (C=O) groups excluding carboxylic acids is 3. The fourth-order valence-electron chi connectivity index (χ4n) is 7.37. The van der Waals surface area contributed by atoms with Crippen LogP contribution < -0.4 is 0 Å². The molecule has 0 bridgehead atoms. The summed E-state index contributed by atoms with van der Waals surface area (Å²) in [7, 11) is 0. The molecule has 1 atom stereocenters. The van der Waals surface area contributed by atoms with E-state index in [4.69, 9.17) is 40.1 Å². The molecule has 4 fully saturated rings. The van der Waals surface area contributed by atoms with Gasteiger partial charge >= 0.3 is 11.9 Å². The first kappa shape index (κ1) is 44.4. The SMILES string of the molecule is C#CC1(CCC(C)(C)C)C=CC(=O)C(C#N)=C1.CCOC(=O)C1(CCC(C)(C)C)CCC2(CC1)OCCO2.CCOC(=O)C1CCC2(CC1)OCCO2. The van der Waals surface area contributed by atoms with Crippen molar-refractivity contribution in [3.63, 3.8) is 0 Å². The predicted octanol–water partition coefficient (Wildman–Crippen LogP) is 8.18. The van der Waals surface area contributed by atoms with Crippen LogP contribution in [0, 0.1) is 51.3 Å². The maximum absolute atomic E-state index is 12.5. The van der Waals surface area contributed by atoms with Gasteiger partial charge in [0.2, 0.25) is 0 Å². The number of rotatable bonds is 8. The molecule has 1 unspecified atom stereocenters. The lowest BCUT2D eigenvalue weighted by atomic mass is 9.67. The molecule has 10 heteroatoms. The molecular formula is C43H65NO9. The van der Waals surface area contributed by atoms with Crippen molar-refractivity contribution in [1.82, 2.24) is 0 Å². The Bertz CT molecular complexity index is 1370.